The Labute approximate surface area is 299 Å². The predicted octanol–water partition coefficient (Wildman–Crippen LogP) is 9.89. The van der Waals surface area contributed by atoms with Crippen molar-refractivity contribution in [2.24, 2.45) is 0 Å². The molecule has 2 aromatic heterocycles. The Morgan fingerprint density at radius 1 is 0.551 bits per heavy atom. The third-order valence-corrected chi connectivity index (χ3v) is 9.45. The Kier molecular flexibility index (Phi) is 7.74. The number of hydrogen-bond donors (Lipinski definition) is 1. The molecule has 1 aliphatic carbocycles. The molecule has 0 radical (unpaired) electrons. The van der Waals surface area contributed by atoms with E-state index >= 15 is 0 Å². The van der Waals surface area contributed by atoms with Crippen LogP contribution in [-0.2, 0) is 26.5 Å². The monoisotopic (exact) mass is 809 g/mol. The Bertz CT molecular complexity index is 2440. The third kappa shape index (κ3) is 4.91. The zero-order chi connectivity index (χ0) is 32.1. The number of benzene rings is 6. The number of pyridine rings is 1. The largest absolute Gasteiger partial charge is 0.507 e. The maximum Gasteiger partial charge on any atom is 0.124 e. The van der Waals surface area contributed by atoms with Crippen molar-refractivity contribution in [2.45, 2.75) is 5.41 Å². The molecular weight excluding hydrogens is 782 g/mol. The van der Waals surface area contributed by atoms with Gasteiger partial charge in [0.25, 0.3) is 0 Å². The van der Waals surface area contributed by atoms with Crippen LogP contribution in [0.3, 0.4) is 0 Å². The van der Waals surface area contributed by atoms with Gasteiger partial charge in [-0.05, 0) is 74.8 Å². The first-order valence-electron chi connectivity index (χ1n) is 16.0. The molecule has 5 heteroatoms. The molecule has 8 aromatic rings. The summed E-state index contributed by atoms with van der Waals surface area (Å²) in [5.74, 6) is 0.187. The first-order valence-corrected chi connectivity index (χ1v) is 16.0. The van der Waals surface area contributed by atoms with Crippen molar-refractivity contribution < 1.29 is 26.2 Å². The van der Waals surface area contributed by atoms with Gasteiger partial charge >= 0.3 is 0 Å². The van der Waals surface area contributed by atoms with Gasteiger partial charge in [-0.3, -0.25) is 9.97 Å². The Balaban J connectivity index is 0.00000348. The van der Waals surface area contributed by atoms with Crippen LogP contribution in [0.25, 0.3) is 55.7 Å². The van der Waals surface area contributed by atoms with Crippen LogP contribution in [0.4, 0.5) is 0 Å². The van der Waals surface area contributed by atoms with Crippen LogP contribution in [0.5, 0.6) is 5.75 Å². The molecule has 0 fully saturated rings. The van der Waals surface area contributed by atoms with Gasteiger partial charge < -0.3 is 5.11 Å². The average molecular weight is 810 g/mol. The molecule has 2 heterocycles. The maximum atomic E-state index is 11.1. The minimum Gasteiger partial charge on any atom is -0.507 e. The minimum absolute atomic E-state index is 0. The topological polar surface area (TPSA) is 58.9 Å². The van der Waals surface area contributed by atoms with Crippen molar-refractivity contribution in [3.05, 3.63) is 193 Å². The van der Waals surface area contributed by atoms with Crippen molar-refractivity contribution in [2.75, 3.05) is 0 Å². The molecule has 0 atom stereocenters. The van der Waals surface area contributed by atoms with E-state index in [4.69, 9.17) is 9.97 Å². The van der Waals surface area contributed by atoms with Gasteiger partial charge in [0.15, 0.2) is 0 Å². The van der Waals surface area contributed by atoms with Crippen molar-refractivity contribution in [3.8, 4) is 50.5 Å². The van der Waals surface area contributed by atoms with Gasteiger partial charge in [-0.15, -0.1) is 35.4 Å². The first-order chi connectivity index (χ1) is 23.7. The number of aromatic nitrogens is 3. The van der Waals surface area contributed by atoms with Crippen LogP contribution in [-0.4, -0.2) is 20.1 Å². The van der Waals surface area contributed by atoms with Crippen molar-refractivity contribution in [1.29, 1.82) is 0 Å². The summed E-state index contributed by atoms with van der Waals surface area (Å²) >= 11 is 0. The Hall–Kier alpha value is -5.70. The summed E-state index contributed by atoms with van der Waals surface area (Å²) in [6.07, 6.45) is 1.62. The number of fused-ring (bicyclic) bond motifs is 4. The van der Waals surface area contributed by atoms with E-state index in [1.54, 1.807) is 12.4 Å². The molecule has 4 nitrogen and oxygen atoms in total. The Morgan fingerprint density at radius 3 is 1.96 bits per heavy atom. The summed E-state index contributed by atoms with van der Waals surface area (Å²) in [5, 5.41) is 12.0. The molecule has 0 saturated heterocycles. The second-order valence-electron chi connectivity index (χ2n) is 12.1. The molecule has 0 saturated carbocycles. The van der Waals surface area contributed by atoms with Crippen LogP contribution in [0, 0.1) is 6.07 Å². The molecule has 0 bridgehead atoms. The number of aromatic hydroxyl groups is 1. The van der Waals surface area contributed by atoms with Gasteiger partial charge in [0.2, 0.25) is 0 Å². The summed E-state index contributed by atoms with van der Waals surface area (Å²) < 4.78 is 0. The van der Waals surface area contributed by atoms with Gasteiger partial charge in [0.05, 0.1) is 22.3 Å². The van der Waals surface area contributed by atoms with E-state index in [9.17, 15) is 5.11 Å². The fourth-order valence-corrected chi connectivity index (χ4v) is 7.33. The SMILES string of the molecule is Oc1ccccc1-c1cc(-c2ccccc2)cc(C2(c3[c-]c(-c4ncnc5ccccc45)ccc3)c3ccccc3-c3ccccc32)n1.[Pt]. The molecule has 0 unspecified atom stereocenters. The van der Waals surface area contributed by atoms with E-state index in [1.807, 2.05) is 54.6 Å². The van der Waals surface area contributed by atoms with Gasteiger partial charge in [0, 0.05) is 26.6 Å². The number of phenols is 1. The van der Waals surface area contributed by atoms with E-state index in [1.165, 1.54) is 0 Å². The van der Waals surface area contributed by atoms with Crippen LogP contribution in [0.1, 0.15) is 22.4 Å². The average Bonchev–Trinajstić information content (AvgIpc) is 3.46. The molecular formula is C44H28N3OPt-. The van der Waals surface area contributed by atoms with E-state index < -0.39 is 5.41 Å². The summed E-state index contributed by atoms with van der Waals surface area (Å²) in [6, 6.07) is 57.5. The van der Waals surface area contributed by atoms with Gasteiger partial charge in [0.1, 0.15) is 12.1 Å². The zero-order valence-corrected chi connectivity index (χ0v) is 28.5. The second-order valence-corrected chi connectivity index (χ2v) is 12.1. The summed E-state index contributed by atoms with van der Waals surface area (Å²) in [7, 11) is 0. The standard InChI is InChI=1S/C44H28N3O.Pt/c48-41-24-11-7-19-35(41)40-26-31(29-13-2-1-3-14-29)27-42(47-40)44(37-21-8-4-17-33(37)34-18-5-9-22-38(34)44)32-16-12-15-30(25-32)43-36-20-6-10-23-39(36)45-28-46-43;/h1-24,26-28,48H;/q-1;. The van der Waals surface area contributed by atoms with Crippen LogP contribution < -0.4 is 0 Å². The summed E-state index contributed by atoms with van der Waals surface area (Å²) in [6.45, 7) is 0. The zero-order valence-electron chi connectivity index (χ0n) is 26.2. The second kappa shape index (κ2) is 12.4. The van der Waals surface area contributed by atoms with Gasteiger partial charge in [-0.2, -0.15) is 0 Å². The number of para-hydroxylation sites is 2. The van der Waals surface area contributed by atoms with E-state index in [0.717, 1.165) is 66.8 Å². The number of hydrogen-bond acceptors (Lipinski definition) is 4. The molecule has 9 rings (SSSR count). The van der Waals surface area contributed by atoms with E-state index in [2.05, 4.69) is 108 Å². The predicted molar refractivity (Wildman–Crippen MR) is 191 cm³/mol. The molecule has 49 heavy (non-hydrogen) atoms. The van der Waals surface area contributed by atoms with Crippen molar-refractivity contribution in [1.82, 2.24) is 15.0 Å². The number of nitrogens with zero attached hydrogens (tertiary/aromatic N) is 3. The molecule has 6 aromatic carbocycles. The maximum absolute atomic E-state index is 11.1. The molecule has 236 valence electrons. The van der Waals surface area contributed by atoms with E-state index in [-0.39, 0.29) is 26.8 Å². The molecule has 1 aliphatic rings. The van der Waals surface area contributed by atoms with Gasteiger partial charge in [-0.1, -0.05) is 109 Å². The molecule has 0 spiro atoms. The van der Waals surface area contributed by atoms with E-state index in [0.29, 0.717) is 11.3 Å². The third-order valence-electron chi connectivity index (χ3n) is 9.45. The molecule has 0 amide bonds. The summed E-state index contributed by atoms with van der Waals surface area (Å²) in [5.41, 5.74) is 11.6. The minimum atomic E-state index is -0.823. The number of phenolic OH excluding ortho intramolecular Hbond substituents is 1. The first kappa shape index (κ1) is 30.6. The number of rotatable bonds is 5. The normalized spacial score (nSPS) is 12.6. The van der Waals surface area contributed by atoms with Gasteiger partial charge in [-0.25, -0.2) is 4.98 Å². The quantitative estimate of drug-likeness (QED) is 0.176. The van der Waals surface area contributed by atoms with Crippen LogP contribution in [0.15, 0.2) is 164 Å². The summed E-state index contributed by atoms with van der Waals surface area (Å²) in [4.78, 5) is 14.7. The van der Waals surface area contributed by atoms with Crippen molar-refractivity contribution in [3.63, 3.8) is 0 Å². The van der Waals surface area contributed by atoms with Crippen LogP contribution >= 0.6 is 0 Å². The van der Waals surface area contributed by atoms with Crippen molar-refractivity contribution >= 4 is 10.9 Å². The molecule has 0 aliphatic heterocycles. The fourth-order valence-electron chi connectivity index (χ4n) is 7.33. The Morgan fingerprint density at radius 2 is 1.20 bits per heavy atom. The molecule has 1 N–H and O–H groups in total. The van der Waals surface area contributed by atoms with Crippen LogP contribution in [0.2, 0.25) is 0 Å². The fraction of sp³-hybridized carbons (Fsp3) is 0.0227. The smallest absolute Gasteiger partial charge is 0.124 e.